The van der Waals surface area contributed by atoms with Gasteiger partial charge >= 0.3 is 0 Å². The molecule has 1 aromatic heterocycles. The summed E-state index contributed by atoms with van der Waals surface area (Å²) in [5, 5.41) is 12.4. The molecule has 0 unspecified atom stereocenters. The Hall–Kier alpha value is -2.89. The molecular formula is C14H13N5O. The van der Waals surface area contributed by atoms with E-state index in [9.17, 15) is 0 Å². The summed E-state index contributed by atoms with van der Waals surface area (Å²) in [7, 11) is 1.59. The lowest BCUT2D eigenvalue weighted by Gasteiger charge is -2.05. The van der Waals surface area contributed by atoms with Crippen molar-refractivity contribution in [3.63, 3.8) is 0 Å². The number of ether oxygens (including phenoxy) is 1. The first-order chi connectivity index (χ1) is 9.78. The molecule has 20 heavy (non-hydrogen) atoms. The zero-order valence-electron chi connectivity index (χ0n) is 10.9. The van der Waals surface area contributed by atoms with E-state index in [-0.39, 0.29) is 0 Å². The minimum absolute atomic E-state index is 0.529. The SMILES string of the molecule is COc1ccc(-n2nnc(-c3ccccc3)n2)c(N)c1. The fourth-order valence-corrected chi connectivity index (χ4v) is 1.86. The molecule has 6 heteroatoms. The summed E-state index contributed by atoms with van der Waals surface area (Å²) in [6.45, 7) is 0. The molecule has 0 aliphatic heterocycles. The first-order valence-electron chi connectivity index (χ1n) is 6.07. The topological polar surface area (TPSA) is 78.8 Å². The van der Waals surface area contributed by atoms with E-state index in [2.05, 4.69) is 15.4 Å². The number of nitrogens with two attached hydrogens (primary N) is 1. The number of hydrogen-bond acceptors (Lipinski definition) is 5. The van der Waals surface area contributed by atoms with E-state index in [1.54, 1.807) is 25.3 Å². The Labute approximate surface area is 115 Å². The second-order valence-electron chi connectivity index (χ2n) is 4.19. The van der Waals surface area contributed by atoms with Crippen molar-refractivity contribution in [2.45, 2.75) is 0 Å². The maximum atomic E-state index is 5.97. The van der Waals surface area contributed by atoms with Crippen molar-refractivity contribution in [1.29, 1.82) is 0 Å². The second-order valence-corrected chi connectivity index (χ2v) is 4.19. The Bertz CT molecular complexity index is 723. The molecule has 2 aromatic carbocycles. The minimum Gasteiger partial charge on any atom is -0.497 e. The normalized spacial score (nSPS) is 10.4. The molecule has 0 bridgehead atoms. The highest BCUT2D eigenvalue weighted by molar-refractivity contribution is 5.60. The molecule has 100 valence electrons. The Morgan fingerprint density at radius 1 is 1.10 bits per heavy atom. The van der Waals surface area contributed by atoms with Crippen molar-refractivity contribution in [3.05, 3.63) is 48.5 Å². The van der Waals surface area contributed by atoms with Gasteiger partial charge in [-0.25, -0.2) is 0 Å². The highest BCUT2D eigenvalue weighted by Crippen LogP contribution is 2.22. The average Bonchev–Trinajstić information content (AvgIpc) is 2.97. The standard InChI is InChI=1S/C14H13N5O/c1-20-11-7-8-13(12(15)9-11)19-17-14(16-18-19)10-5-3-2-4-6-10/h2-9H,15H2,1H3. The van der Waals surface area contributed by atoms with Crippen LogP contribution in [-0.2, 0) is 0 Å². The molecule has 0 amide bonds. The van der Waals surface area contributed by atoms with Gasteiger partial charge in [-0.2, -0.15) is 0 Å². The van der Waals surface area contributed by atoms with Crippen molar-refractivity contribution in [1.82, 2.24) is 20.2 Å². The molecule has 0 saturated carbocycles. The van der Waals surface area contributed by atoms with Crippen molar-refractivity contribution in [3.8, 4) is 22.8 Å². The van der Waals surface area contributed by atoms with Crippen molar-refractivity contribution < 1.29 is 4.74 Å². The monoisotopic (exact) mass is 267 g/mol. The molecule has 3 rings (SSSR count). The van der Waals surface area contributed by atoms with Gasteiger partial charge in [0.25, 0.3) is 0 Å². The predicted octanol–water partition coefficient (Wildman–Crippen LogP) is 1.92. The van der Waals surface area contributed by atoms with Crippen LogP contribution >= 0.6 is 0 Å². The fraction of sp³-hybridized carbons (Fsp3) is 0.0714. The summed E-state index contributed by atoms with van der Waals surface area (Å²) in [4.78, 5) is 1.41. The number of aromatic nitrogens is 4. The zero-order chi connectivity index (χ0) is 13.9. The molecule has 0 spiro atoms. The van der Waals surface area contributed by atoms with E-state index < -0.39 is 0 Å². The summed E-state index contributed by atoms with van der Waals surface area (Å²) in [5.74, 6) is 1.25. The van der Waals surface area contributed by atoms with Crippen LogP contribution in [0.2, 0.25) is 0 Å². The number of methoxy groups -OCH3 is 1. The van der Waals surface area contributed by atoms with Gasteiger partial charge in [0.2, 0.25) is 5.82 Å². The quantitative estimate of drug-likeness (QED) is 0.733. The molecule has 1 heterocycles. The number of benzene rings is 2. The molecule has 0 saturated heterocycles. The number of hydrogen-bond donors (Lipinski definition) is 1. The summed E-state index contributed by atoms with van der Waals surface area (Å²) in [6.07, 6.45) is 0. The number of rotatable bonds is 3. The van der Waals surface area contributed by atoms with Gasteiger partial charge in [-0.1, -0.05) is 30.3 Å². The Balaban J connectivity index is 1.98. The Morgan fingerprint density at radius 2 is 1.90 bits per heavy atom. The van der Waals surface area contributed by atoms with Gasteiger partial charge in [0.15, 0.2) is 0 Å². The van der Waals surface area contributed by atoms with Crippen LogP contribution in [0.3, 0.4) is 0 Å². The smallest absolute Gasteiger partial charge is 0.205 e. The van der Waals surface area contributed by atoms with Gasteiger partial charge in [0.05, 0.1) is 12.8 Å². The molecule has 0 aliphatic carbocycles. The van der Waals surface area contributed by atoms with Crippen molar-refractivity contribution in [2.75, 3.05) is 12.8 Å². The summed E-state index contributed by atoms with van der Waals surface area (Å²) in [5.41, 5.74) is 8.07. The lowest BCUT2D eigenvalue weighted by Crippen LogP contribution is -2.03. The van der Waals surface area contributed by atoms with E-state index in [1.165, 1.54) is 4.80 Å². The molecular weight excluding hydrogens is 254 g/mol. The molecule has 6 nitrogen and oxygen atoms in total. The van der Waals surface area contributed by atoms with Crippen LogP contribution in [0.5, 0.6) is 5.75 Å². The van der Waals surface area contributed by atoms with E-state index in [4.69, 9.17) is 10.5 Å². The third-order valence-electron chi connectivity index (χ3n) is 2.90. The third-order valence-corrected chi connectivity index (χ3v) is 2.90. The number of nitrogens with zero attached hydrogens (tertiary/aromatic N) is 4. The molecule has 3 aromatic rings. The van der Waals surface area contributed by atoms with Crippen LogP contribution in [0.15, 0.2) is 48.5 Å². The van der Waals surface area contributed by atoms with Gasteiger partial charge in [-0.15, -0.1) is 15.0 Å². The number of anilines is 1. The van der Waals surface area contributed by atoms with Crippen LogP contribution < -0.4 is 10.5 Å². The molecule has 0 radical (unpaired) electrons. The molecule has 0 fully saturated rings. The lowest BCUT2D eigenvalue weighted by atomic mass is 10.2. The van der Waals surface area contributed by atoms with Gasteiger partial charge in [-0.05, 0) is 17.3 Å². The average molecular weight is 267 g/mol. The largest absolute Gasteiger partial charge is 0.497 e. The van der Waals surface area contributed by atoms with Gasteiger partial charge in [0.1, 0.15) is 11.4 Å². The number of nitrogen functional groups attached to an aromatic ring is 1. The zero-order valence-corrected chi connectivity index (χ0v) is 10.9. The number of tetrazole rings is 1. The van der Waals surface area contributed by atoms with Crippen molar-refractivity contribution >= 4 is 5.69 Å². The summed E-state index contributed by atoms with van der Waals surface area (Å²) < 4.78 is 5.11. The lowest BCUT2D eigenvalue weighted by molar-refractivity contribution is 0.415. The maximum absolute atomic E-state index is 5.97. The van der Waals surface area contributed by atoms with E-state index in [1.807, 2.05) is 30.3 Å². The van der Waals surface area contributed by atoms with Crippen molar-refractivity contribution in [2.24, 2.45) is 0 Å². The highest BCUT2D eigenvalue weighted by Gasteiger charge is 2.09. The molecule has 0 atom stereocenters. The van der Waals surface area contributed by atoms with Crippen LogP contribution in [0.25, 0.3) is 17.1 Å². The second kappa shape index (κ2) is 5.00. The van der Waals surface area contributed by atoms with E-state index in [0.717, 1.165) is 5.56 Å². The van der Waals surface area contributed by atoms with Gasteiger partial charge in [0, 0.05) is 11.6 Å². The maximum Gasteiger partial charge on any atom is 0.205 e. The van der Waals surface area contributed by atoms with Gasteiger partial charge in [-0.3, -0.25) is 0 Å². The predicted molar refractivity (Wildman–Crippen MR) is 75.6 cm³/mol. The first kappa shape index (κ1) is 12.2. The molecule has 0 aliphatic rings. The van der Waals surface area contributed by atoms with Crippen LogP contribution in [-0.4, -0.2) is 27.3 Å². The highest BCUT2D eigenvalue weighted by atomic mass is 16.5. The fourth-order valence-electron chi connectivity index (χ4n) is 1.86. The first-order valence-corrected chi connectivity index (χ1v) is 6.07. The van der Waals surface area contributed by atoms with Crippen LogP contribution in [0.1, 0.15) is 0 Å². The molecule has 2 N–H and O–H groups in total. The van der Waals surface area contributed by atoms with Crippen LogP contribution in [0, 0.1) is 0 Å². The Morgan fingerprint density at radius 3 is 2.60 bits per heavy atom. The van der Waals surface area contributed by atoms with E-state index >= 15 is 0 Å². The summed E-state index contributed by atoms with van der Waals surface area (Å²) in [6, 6.07) is 15.0. The summed E-state index contributed by atoms with van der Waals surface area (Å²) >= 11 is 0. The van der Waals surface area contributed by atoms with E-state index in [0.29, 0.717) is 22.9 Å². The third kappa shape index (κ3) is 2.18. The minimum atomic E-state index is 0.529. The Kier molecular flexibility index (Phi) is 3.04. The van der Waals surface area contributed by atoms with Gasteiger partial charge < -0.3 is 10.5 Å². The van der Waals surface area contributed by atoms with Crippen LogP contribution in [0.4, 0.5) is 5.69 Å².